The van der Waals surface area contributed by atoms with Crippen molar-refractivity contribution in [3.63, 3.8) is 0 Å². The van der Waals surface area contributed by atoms with E-state index in [1.165, 1.54) is 6.07 Å². The summed E-state index contributed by atoms with van der Waals surface area (Å²) in [5.74, 6) is 0.893. The van der Waals surface area contributed by atoms with Crippen molar-refractivity contribution in [3.05, 3.63) is 57.8 Å². The van der Waals surface area contributed by atoms with E-state index in [1.54, 1.807) is 36.0 Å². The standard InChI is InChI=1S/C21H19ClN6O3/c1-31-16-5-4-14(8-15(16)22)24-17-9-18(25-13-2-3-13)28-20(26-17)12(10-23-28)6-11-7-19(29)27-21(11)30/h4-10,13,24,27,29-30H,2-3H2,1H3. The van der Waals surface area contributed by atoms with Gasteiger partial charge < -0.3 is 20.3 Å². The summed E-state index contributed by atoms with van der Waals surface area (Å²) in [6.45, 7) is 0. The van der Waals surface area contributed by atoms with Crippen LogP contribution in [0.3, 0.4) is 0 Å². The first-order valence-electron chi connectivity index (χ1n) is 9.66. The molecule has 158 valence electrons. The van der Waals surface area contributed by atoms with E-state index < -0.39 is 0 Å². The Morgan fingerprint density at radius 2 is 2.13 bits per heavy atom. The lowest BCUT2D eigenvalue weighted by molar-refractivity contribution is 0.415. The van der Waals surface area contributed by atoms with Crippen LogP contribution < -0.4 is 20.8 Å². The van der Waals surface area contributed by atoms with Crippen LogP contribution in [-0.4, -0.2) is 42.9 Å². The maximum Gasteiger partial charge on any atom is 0.198 e. The third-order valence-corrected chi connectivity index (χ3v) is 5.18. The molecule has 0 unspecified atom stereocenters. The molecule has 0 spiro atoms. The minimum atomic E-state index is -0.137. The van der Waals surface area contributed by atoms with Crippen molar-refractivity contribution in [2.24, 2.45) is 4.99 Å². The number of nitrogens with one attached hydrogen (secondary N) is 2. The number of hydrogen-bond acceptors (Lipinski definition) is 7. The molecule has 1 saturated carbocycles. The third-order valence-electron chi connectivity index (χ3n) is 4.89. The van der Waals surface area contributed by atoms with Gasteiger partial charge in [0.1, 0.15) is 11.6 Å². The lowest BCUT2D eigenvalue weighted by Gasteiger charge is -2.09. The highest BCUT2D eigenvalue weighted by Gasteiger charge is 2.20. The second-order valence-electron chi connectivity index (χ2n) is 7.27. The Morgan fingerprint density at radius 1 is 1.29 bits per heavy atom. The third kappa shape index (κ3) is 3.87. The Kier molecular flexibility index (Phi) is 4.67. The van der Waals surface area contributed by atoms with Gasteiger partial charge >= 0.3 is 0 Å². The summed E-state index contributed by atoms with van der Waals surface area (Å²) in [6.07, 6.45) is 5.44. The monoisotopic (exact) mass is 438 g/mol. The number of aromatic hydroxyl groups is 2. The summed E-state index contributed by atoms with van der Waals surface area (Å²) in [6, 6.07) is 8.93. The van der Waals surface area contributed by atoms with E-state index in [0.29, 0.717) is 38.5 Å². The zero-order chi connectivity index (χ0) is 21.5. The number of halogens is 1. The van der Waals surface area contributed by atoms with Crippen LogP contribution in [0.15, 0.2) is 41.5 Å². The number of rotatable bonds is 5. The molecule has 4 N–H and O–H groups in total. The van der Waals surface area contributed by atoms with Crippen molar-refractivity contribution in [3.8, 4) is 17.5 Å². The molecule has 1 fully saturated rings. The highest BCUT2D eigenvalue weighted by Crippen LogP contribution is 2.28. The van der Waals surface area contributed by atoms with Crippen LogP contribution in [0.25, 0.3) is 11.7 Å². The summed E-state index contributed by atoms with van der Waals surface area (Å²) in [4.78, 5) is 11.9. The fraction of sp³-hybridized carbons (Fsp3) is 0.190. The predicted molar refractivity (Wildman–Crippen MR) is 116 cm³/mol. The van der Waals surface area contributed by atoms with E-state index in [1.807, 2.05) is 12.1 Å². The van der Waals surface area contributed by atoms with E-state index in [9.17, 15) is 10.2 Å². The van der Waals surface area contributed by atoms with Crippen LogP contribution >= 0.6 is 11.6 Å². The SMILES string of the molecule is COc1ccc(Nc2cc(=NC3CC3)n3ncc(=Cc4cc(O)[nH]c4O)c3n2)cc1Cl. The number of H-pyrrole nitrogens is 1. The predicted octanol–water partition coefficient (Wildman–Crippen LogP) is 2.49. The Bertz CT molecular complexity index is 1410. The van der Waals surface area contributed by atoms with Gasteiger partial charge in [-0.25, -0.2) is 4.98 Å². The number of benzene rings is 1. The molecule has 0 atom stereocenters. The molecule has 1 aliphatic carbocycles. The van der Waals surface area contributed by atoms with Crippen LogP contribution in [0.4, 0.5) is 11.5 Å². The van der Waals surface area contributed by atoms with Crippen LogP contribution in [0.2, 0.25) is 5.02 Å². The highest BCUT2D eigenvalue weighted by molar-refractivity contribution is 6.32. The number of aromatic nitrogens is 4. The number of fused-ring (bicyclic) bond motifs is 1. The van der Waals surface area contributed by atoms with Gasteiger partial charge in [0.25, 0.3) is 0 Å². The van der Waals surface area contributed by atoms with Crippen molar-refractivity contribution >= 4 is 34.8 Å². The first-order chi connectivity index (χ1) is 15.0. The Morgan fingerprint density at radius 3 is 2.81 bits per heavy atom. The van der Waals surface area contributed by atoms with Gasteiger partial charge in [-0.2, -0.15) is 9.61 Å². The number of nitrogens with zero attached hydrogens (tertiary/aromatic N) is 4. The normalized spacial score (nSPS) is 15.0. The van der Waals surface area contributed by atoms with Crippen LogP contribution in [0.5, 0.6) is 17.5 Å². The van der Waals surface area contributed by atoms with Crippen LogP contribution in [-0.2, 0) is 0 Å². The van der Waals surface area contributed by atoms with Gasteiger partial charge in [0.15, 0.2) is 22.9 Å². The van der Waals surface area contributed by atoms with Crippen LogP contribution in [0.1, 0.15) is 18.4 Å². The smallest absolute Gasteiger partial charge is 0.198 e. The van der Waals surface area contributed by atoms with E-state index in [2.05, 4.69) is 15.4 Å². The van der Waals surface area contributed by atoms with Crippen LogP contribution in [0, 0.1) is 0 Å². The molecule has 3 aromatic heterocycles. The summed E-state index contributed by atoms with van der Waals surface area (Å²) in [7, 11) is 1.56. The second kappa shape index (κ2) is 7.51. The molecule has 5 rings (SSSR count). The minimum absolute atomic E-state index is 0.128. The Labute approximate surface area is 181 Å². The topological polar surface area (TPSA) is 120 Å². The zero-order valence-corrected chi connectivity index (χ0v) is 17.3. The number of aromatic amines is 1. The lowest BCUT2D eigenvalue weighted by Crippen LogP contribution is -2.19. The average molecular weight is 439 g/mol. The molecule has 0 aliphatic heterocycles. The number of hydrogen-bond donors (Lipinski definition) is 4. The van der Waals surface area contributed by atoms with Gasteiger partial charge in [-0.1, -0.05) is 11.6 Å². The summed E-state index contributed by atoms with van der Waals surface area (Å²) in [5, 5.41) is 28.4. The maximum absolute atomic E-state index is 9.95. The first kappa shape index (κ1) is 19.3. The summed E-state index contributed by atoms with van der Waals surface area (Å²) < 4.78 is 6.87. The molecule has 1 aromatic carbocycles. The second-order valence-corrected chi connectivity index (χ2v) is 7.68. The van der Waals surface area contributed by atoms with Crippen molar-refractivity contribution < 1.29 is 14.9 Å². The molecule has 0 bridgehead atoms. The van der Waals surface area contributed by atoms with E-state index >= 15 is 0 Å². The van der Waals surface area contributed by atoms with Gasteiger partial charge in [0.2, 0.25) is 0 Å². The zero-order valence-electron chi connectivity index (χ0n) is 16.5. The number of methoxy groups -OCH3 is 1. The molecule has 0 saturated heterocycles. The first-order valence-corrected chi connectivity index (χ1v) is 10.0. The van der Waals surface area contributed by atoms with E-state index in [0.717, 1.165) is 18.5 Å². The molecular weight excluding hydrogens is 420 g/mol. The van der Waals surface area contributed by atoms with Crippen molar-refractivity contribution in [2.75, 3.05) is 12.4 Å². The molecule has 0 radical (unpaired) electrons. The lowest BCUT2D eigenvalue weighted by atomic mass is 10.2. The highest BCUT2D eigenvalue weighted by atomic mass is 35.5. The summed E-state index contributed by atoms with van der Waals surface area (Å²) >= 11 is 6.24. The minimum Gasteiger partial charge on any atom is -0.495 e. The molecule has 10 heteroatoms. The van der Waals surface area contributed by atoms with Crippen molar-refractivity contribution in [2.45, 2.75) is 18.9 Å². The molecule has 31 heavy (non-hydrogen) atoms. The molecule has 9 nitrogen and oxygen atoms in total. The van der Waals surface area contributed by atoms with Gasteiger partial charge in [0.05, 0.1) is 24.4 Å². The summed E-state index contributed by atoms with van der Waals surface area (Å²) in [5.41, 5.74) is 2.41. The van der Waals surface area contributed by atoms with Gasteiger partial charge in [0, 0.05) is 28.6 Å². The van der Waals surface area contributed by atoms with Crippen molar-refractivity contribution in [1.82, 2.24) is 19.6 Å². The maximum atomic E-state index is 9.95. The average Bonchev–Trinajstić information content (AvgIpc) is 3.37. The number of ether oxygens (including phenoxy) is 1. The fourth-order valence-corrected chi connectivity index (χ4v) is 3.48. The Hall–Kier alpha value is -3.72. The molecule has 0 amide bonds. The van der Waals surface area contributed by atoms with E-state index in [-0.39, 0.29) is 17.8 Å². The molecular formula is C21H19ClN6O3. The van der Waals surface area contributed by atoms with Crippen molar-refractivity contribution in [1.29, 1.82) is 0 Å². The molecule has 1 aliphatic rings. The molecule has 4 aromatic rings. The van der Waals surface area contributed by atoms with E-state index in [4.69, 9.17) is 26.3 Å². The van der Waals surface area contributed by atoms with Gasteiger partial charge in [-0.05, 0) is 37.1 Å². The molecule has 3 heterocycles. The number of anilines is 2. The largest absolute Gasteiger partial charge is 0.495 e. The van der Waals surface area contributed by atoms with Gasteiger partial charge in [-0.15, -0.1) is 0 Å². The Balaban J connectivity index is 1.63. The van der Waals surface area contributed by atoms with Gasteiger partial charge in [-0.3, -0.25) is 9.98 Å². The quantitative estimate of drug-likeness (QED) is 0.380. The fourth-order valence-electron chi connectivity index (χ4n) is 3.23.